The number of aromatic nitrogens is 2. The van der Waals surface area contributed by atoms with Gasteiger partial charge in [-0.1, -0.05) is 0 Å². The molecule has 490 valence electrons. The number of nitrogens with one attached hydrogen (secondary N) is 4. The molecule has 1 unspecified atom stereocenters. The van der Waals surface area contributed by atoms with E-state index in [1.807, 2.05) is 0 Å². The van der Waals surface area contributed by atoms with Crippen molar-refractivity contribution in [3.63, 3.8) is 0 Å². The Bertz CT molecular complexity index is 3150. The van der Waals surface area contributed by atoms with Crippen LogP contribution in [0.5, 0.6) is 0 Å². The van der Waals surface area contributed by atoms with Gasteiger partial charge in [0, 0.05) is 127 Å². The molecule has 28 heteroatoms. The van der Waals surface area contributed by atoms with Crippen molar-refractivity contribution in [3.05, 3.63) is 129 Å². The molecule has 90 heavy (non-hydrogen) atoms. The van der Waals surface area contributed by atoms with Crippen molar-refractivity contribution in [1.82, 2.24) is 46.2 Å². The molecule has 4 aromatic rings. The van der Waals surface area contributed by atoms with Crippen LogP contribution in [-0.4, -0.2) is 149 Å². The molecule has 5 heterocycles. The molecule has 3 aromatic carbocycles. The van der Waals surface area contributed by atoms with Gasteiger partial charge in [0.25, 0.3) is 5.91 Å². The van der Waals surface area contributed by atoms with E-state index in [0.717, 1.165) is 31.0 Å². The lowest BCUT2D eigenvalue weighted by molar-refractivity contribution is -0.133. The van der Waals surface area contributed by atoms with Crippen LogP contribution in [0.4, 0.5) is 39.5 Å². The molecule has 0 spiro atoms. The number of benzene rings is 3. The van der Waals surface area contributed by atoms with Gasteiger partial charge >= 0.3 is 0 Å². The Hall–Kier alpha value is -7.72. The molecule has 0 bridgehead atoms. The Balaban J connectivity index is 0.000000192. The van der Waals surface area contributed by atoms with Crippen LogP contribution >= 0.6 is 0 Å². The largest absolute Gasteiger partial charge is 0.355 e. The summed E-state index contributed by atoms with van der Waals surface area (Å²) in [6, 6.07) is 3.90. The molecule has 5 aliphatic rings. The van der Waals surface area contributed by atoms with Crippen molar-refractivity contribution in [1.29, 1.82) is 0 Å². The maximum Gasteiger partial charge on any atom is 0.252 e. The Morgan fingerprint density at radius 2 is 0.833 bits per heavy atom. The SMILES string of the molecule is N[C@H](Cc1cc(F)c(F)cc1F)C1CCN(C(=O)CCNC(=O)C2CC2)CC1.N[C@H](Cc1cc(F)c(F)cc1F)C1CCN(C(=O)CCNC(=O)C2CCC(=O)N2)CC1.N[C@H](Cc1cc(F)c(F)cc1F)C1CCN(C(=O)CCNC(=O)c2ccnnc2)CC1. The maximum absolute atomic E-state index is 13.9. The lowest BCUT2D eigenvalue weighted by atomic mass is 9.86. The van der Waals surface area contributed by atoms with Gasteiger partial charge in [-0.3, -0.25) is 33.6 Å². The summed E-state index contributed by atoms with van der Waals surface area (Å²) in [5.74, 6) is -10.0. The van der Waals surface area contributed by atoms with E-state index < -0.39 is 76.5 Å². The van der Waals surface area contributed by atoms with Crippen LogP contribution in [0.25, 0.3) is 0 Å². The minimum atomic E-state index is -1.23. The highest BCUT2D eigenvalue weighted by Crippen LogP contribution is 2.30. The molecule has 0 radical (unpaired) electrons. The number of carbonyl (C=O) groups is 7. The summed E-state index contributed by atoms with van der Waals surface area (Å²) >= 11 is 0. The summed E-state index contributed by atoms with van der Waals surface area (Å²) in [6.07, 6.45) is 10.2. The second-order valence-corrected chi connectivity index (χ2v) is 23.5. The van der Waals surface area contributed by atoms with Gasteiger partial charge in [0.15, 0.2) is 34.9 Å². The van der Waals surface area contributed by atoms with Gasteiger partial charge in [-0.2, -0.15) is 10.2 Å². The van der Waals surface area contributed by atoms with Gasteiger partial charge in [-0.15, -0.1) is 0 Å². The van der Waals surface area contributed by atoms with Crippen molar-refractivity contribution in [2.75, 3.05) is 58.9 Å². The normalized spacial score (nSPS) is 18.2. The predicted molar refractivity (Wildman–Crippen MR) is 310 cm³/mol. The van der Waals surface area contributed by atoms with Gasteiger partial charge < -0.3 is 53.2 Å². The zero-order valence-corrected chi connectivity index (χ0v) is 49.7. The van der Waals surface area contributed by atoms with E-state index in [1.165, 1.54) is 18.5 Å². The fraction of sp³-hybridized carbons (Fsp3) is 0.532. The number of carbonyl (C=O) groups excluding carboxylic acids is 7. The summed E-state index contributed by atoms with van der Waals surface area (Å²) in [7, 11) is 0. The van der Waals surface area contributed by atoms with Gasteiger partial charge in [-0.05, 0) is 136 Å². The third kappa shape index (κ3) is 20.7. The maximum atomic E-state index is 13.9. The van der Waals surface area contributed by atoms with Crippen molar-refractivity contribution in [2.24, 2.45) is 40.9 Å². The first-order valence-corrected chi connectivity index (χ1v) is 30.3. The number of nitrogens with zero attached hydrogens (tertiary/aromatic N) is 5. The molecule has 19 nitrogen and oxygen atoms in total. The molecule has 10 N–H and O–H groups in total. The monoisotopic (exact) mass is 1270 g/mol. The fourth-order valence-corrected chi connectivity index (χ4v) is 11.4. The average Bonchev–Trinajstić information content (AvgIpc) is 2.12. The standard InChI is InChI=1S/C21H24F3N5O2.C21H27F3N4O3.C20H26F3N3O2/c22-16-11-18(24)17(23)9-15(16)10-19(25)13-3-7-29(8-4-13)20(30)2-5-26-21(31)14-1-6-27-28-12-14;22-14-11-16(24)15(23)9-13(14)10-17(25)12-4-7-28(8-5-12)20(30)3-6-26-21(31)18-1-2-19(29)27-18;21-15-11-17(23)16(22)9-14(15)10-18(24)12-4-7-26(8-5-12)19(27)3-6-25-20(28)13-1-2-13/h1,6,9,11-13,19H,2-5,7-8,10,25H2,(H,26,31);9,11-12,17-18H,1-8,10,25H2,(H,26,31)(H,27,29);9,11-13,18H,1-8,10,24H2,(H,25,28)/t19-;17-,18?;18-/m111/s1. The van der Waals surface area contributed by atoms with Gasteiger partial charge in [0.2, 0.25) is 35.4 Å². The van der Waals surface area contributed by atoms with E-state index >= 15 is 0 Å². The number of hydrogen-bond donors (Lipinski definition) is 7. The Morgan fingerprint density at radius 3 is 1.17 bits per heavy atom. The van der Waals surface area contributed by atoms with Crippen LogP contribution in [0.15, 0.2) is 54.9 Å². The summed E-state index contributed by atoms with van der Waals surface area (Å²) in [5.41, 5.74) is 19.1. The van der Waals surface area contributed by atoms with Crippen LogP contribution in [-0.2, 0) is 48.0 Å². The molecule has 9 rings (SSSR count). The number of rotatable bonds is 21. The first kappa shape index (κ1) is 69.7. The minimum absolute atomic E-state index is 0.00484. The average molecular weight is 1270 g/mol. The van der Waals surface area contributed by atoms with E-state index in [4.69, 9.17) is 17.2 Å². The quantitative estimate of drug-likeness (QED) is 0.0431. The molecule has 4 aliphatic heterocycles. The highest BCUT2D eigenvalue weighted by Gasteiger charge is 2.33. The third-order valence-electron chi connectivity index (χ3n) is 17.1. The molecule has 7 amide bonds. The first-order valence-electron chi connectivity index (χ1n) is 30.3. The molecular formula is C62H77F9N12O7. The molecule has 1 saturated carbocycles. The smallest absolute Gasteiger partial charge is 0.252 e. The molecule has 5 fully saturated rings. The number of amides is 7. The summed E-state index contributed by atoms with van der Waals surface area (Å²) in [5, 5.41) is 17.9. The van der Waals surface area contributed by atoms with E-state index in [0.29, 0.717) is 121 Å². The topological polar surface area (TPSA) is 281 Å². The van der Waals surface area contributed by atoms with Gasteiger partial charge in [0.05, 0.1) is 18.0 Å². The first-order chi connectivity index (χ1) is 42.9. The number of likely N-dealkylation sites (tertiary alicyclic amines) is 3. The van der Waals surface area contributed by atoms with Crippen LogP contribution in [0.2, 0.25) is 0 Å². The van der Waals surface area contributed by atoms with Crippen LogP contribution in [0, 0.1) is 76.0 Å². The Kier molecular flexibility index (Phi) is 25.9. The van der Waals surface area contributed by atoms with Crippen molar-refractivity contribution in [3.8, 4) is 0 Å². The van der Waals surface area contributed by atoms with Crippen molar-refractivity contribution < 1.29 is 73.1 Å². The van der Waals surface area contributed by atoms with Crippen molar-refractivity contribution in [2.45, 2.75) is 127 Å². The molecule has 4 saturated heterocycles. The number of hydrogen-bond acceptors (Lipinski definition) is 12. The van der Waals surface area contributed by atoms with Crippen molar-refractivity contribution >= 4 is 41.4 Å². The van der Waals surface area contributed by atoms with E-state index in [9.17, 15) is 73.1 Å². The zero-order valence-electron chi connectivity index (χ0n) is 49.7. The number of halogens is 9. The number of nitrogens with two attached hydrogens (primary N) is 3. The zero-order chi connectivity index (χ0) is 65.2. The van der Waals surface area contributed by atoms with Gasteiger partial charge in [-0.25, -0.2) is 39.5 Å². The van der Waals surface area contributed by atoms with Gasteiger partial charge in [0.1, 0.15) is 23.5 Å². The molecule has 1 aliphatic carbocycles. The molecular weight excluding hydrogens is 1200 g/mol. The highest BCUT2D eigenvalue weighted by atomic mass is 19.2. The Labute approximate surface area is 515 Å². The van der Waals surface area contributed by atoms with Crippen LogP contribution < -0.4 is 38.5 Å². The van der Waals surface area contributed by atoms with E-state index in [2.05, 4.69) is 31.5 Å². The summed E-state index contributed by atoms with van der Waals surface area (Å²) in [4.78, 5) is 88.8. The minimum Gasteiger partial charge on any atom is -0.355 e. The fourth-order valence-electron chi connectivity index (χ4n) is 11.4. The second kappa shape index (κ2) is 33.4. The predicted octanol–water partition coefficient (Wildman–Crippen LogP) is 4.95. The highest BCUT2D eigenvalue weighted by molar-refractivity contribution is 5.94. The number of piperidine rings is 3. The van der Waals surface area contributed by atoms with E-state index in [-0.39, 0.29) is 133 Å². The van der Waals surface area contributed by atoms with Crippen LogP contribution in [0.1, 0.15) is 111 Å². The third-order valence-corrected chi connectivity index (χ3v) is 17.1. The Morgan fingerprint density at radius 1 is 0.478 bits per heavy atom. The van der Waals surface area contributed by atoms with E-state index in [1.54, 1.807) is 14.7 Å². The second-order valence-electron chi connectivity index (χ2n) is 23.5. The summed E-state index contributed by atoms with van der Waals surface area (Å²) < 4.78 is 121. The lowest BCUT2D eigenvalue weighted by Crippen LogP contribution is -2.46. The summed E-state index contributed by atoms with van der Waals surface area (Å²) in [6.45, 7) is 3.83. The van der Waals surface area contributed by atoms with Crippen LogP contribution in [0.3, 0.4) is 0 Å². The molecule has 4 atom stereocenters. The lowest BCUT2D eigenvalue weighted by Gasteiger charge is -2.35. The molecule has 1 aromatic heterocycles.